The van der Waals surface area contributed by atoms with E-state index in [4.69, 9.17) is 17.0 Å². The van der Waals surface area contributed by atoms with E-state index in [9.17, 15) is 18.0 Å². The molecule has 1 fully saturated rings. The molecule has 4 aromatic rings. The van der Waals surface area contributed by atoms with Gasteiger partial charge in [0.05, 0.1) is 24.2 Å². The molecule has 0 bridgehead atoms. The van der Waals surface area contributed by atoms with Gasteiger partial charge in [0.25, 0.3) is 0 Å². The number of carbonyl (C=O) groups is 1. The van der Waals surface area contributed by atoms with Gasteiger partial charge in [-0.15, -0.1) is 18.3 Å². The monoisotopic (exact) mass is 625 g/mol. The van der Waals surface area contributed by atoms with Gasteiger partial charge in [-0.05, 0) is 73.4 Å². The lowest BCUT2D eigenvalue weighted by Crippen LogP contribution is -2.31. The van der Waals surface area contributed by atoms with Gasteiger partial charge in [0, 0.05) is 12.0 Å². The lowest BCUT2D eigenvalue weighted by Gasteiger charge is -2.21. The number of benzene rings is 3. The van der Waals surface area contributed by atoms with Gasteiger partial charge >= 0.3 is 6.36 Å². The standard InChI is InChI=1S/C30H26F3N5O3S2/c1-18-14-24(40-3)15-19(2)27(18)38-26(39)16-43-29(38)35-25(42)13-6-20-4-7-21(8-5-20)28-34-17-37(36-28)22-9-11-23(12-10-22)41-30(31,32)33/h4-5,7-12,14-15,17H,6,13,16H2,1-3H3. The van der Waals surface area contributed by atoms with Gasteiger partial charge in [-0.3, -0.25) is 9.69 Å². The number of thioether (sulfide) groups is 1. The Morgan fingerprint density at radius 3 is 2.35 bits per heavy atom. The summed E-state index contributed by atoms with van der Waals surface area (Å²) in [6, 6.07) is 16.9. The number of hydrogen-bond acceptors (Lipinski definition) is 7. The molecule has 13 heteroatoms. The van der Waals surface area contributed by atoms with Gasteiger partial charge in [0.2, 0.25) is 5.91 Å². The van der Waals surface area contributed by atoms with E-state index in [1.54, 1.807) is 12.0 Å². The molecule has 1 aliphatic rings. The first kappa shape index (κ1) is 30.2. The van der Waals surface area contributed by atoms with Crippen molar-refractivity contribution in [3.63, 3.8) is 0 Å². The van der Waals surface area contributed by atoms with E-state index < -0.39 is 6.36 Å². The van der Waals surface area contributed by atoms with E-state index in [1.165, 1.54) is 47.0 Å². The summed E-state index contributed by atoms with van der Waals surface area (Å²) in [4.78, 5) is 23.9. The number of amidine groups is 1. The summed E-state index contributed by atoms with van der Waals surface area (Å²) >= 11 is 6.95. The number of hydrogen-bond donors (Lipinski definition) is 0. The highest BCUT2D eigenvalue weighted by molar-refractivity contribution is 8.15. The largest absolute Gasteiger partial charge is 0.573 e. The van der Waals surface area contributed by atoms with Gasteiger partial charge in [-0.1, -0.05) is 48.2 Å². The number of carbonyl (C=O) groups excluding carboxylic acids is 1. The number of nitrogens with zero attached hydrogens (tertiary/aromatic N) is 5. The molecule has 0 spiro atoms. The Morgan fingerprint density at radius 1 is 1.05 bits per heavy atom. The molecule has 1 aliphatic heterocycles. The predicted octanol–water partition coefficient (Wildman–Crippen LogP) is 6.85. The first-order chi connectivity index (χ1) is 20.5. The molecule has 43 heavy (non-hydrogen) atoms. The van der Waals surface area contributed by atoms with Crippen LogP contribution in [0.1, 0.15) is 23.1 Å². The Bertz CT molecular complexity index is 1660. The molecule has 8 nitrogen and oxygen atoms in total. The highest BCUT2D eigenvalue weighted by Crippen LogP contribution is 2.35. The third-order valence-electron chi connectivity index (χ3n) is 6.58. The van der Waals surface area contributed by atoms with Crippen molar-refractivity contribution in [2.24, 2.45) is 4.99 Å². The Morgan fingerprint density at radius 2 is 1.72 bits per heavy atom. The number of ether oxygens (including phenoxy) is 2. The van der Waals surface area contributed by atoms with Gasteiger partial charge in [-0.2, -0.15) is 0 Å². The maximum atomic E-state index is 12.8. The van der Waals surface area contributed by atoms with Crippen molar-refractivity contribution in [3.05, 3.63) is 83.7 Å². The molecule has 1 saturated heterocycles. The number of halogens is 3. The van der Waals surface area contributed by atoms with Gasteiger partial charge in [0.1, 0.15) is 22.8 Å². The summed E-state index contributed by atoms with van der Waals surface area (Å²) in [6.45, 7) is 3.88. The fourth-order valence-corrected chi connectivity index (χ4v) is 5.73. The molecule has 1 amide bonds. The van der Waals surface area contributed by atoms with E-state index in [-0.39, 0.29) is 11.7 Å². The SMILES string of the molecule is COc1cc(C)c(N2C(=O)CSC2=NC(=S)CCc2ccc(-c3ncn(-c4ccc(OC(F)(F)F)cc4)n3)cc2)c(C)c1. The number of anilines is 1. The maximum absolute atomic E-state index is 12.8. The number of methoxy groups -OCH3 is 1. The second-order valence-electron chi connectivity index (χ2n) is 9.67. The van der Waals surface area contributed by atoms with Crippen molar-refractivity contribution in [1.29, 1.82) is 0 Å². The normalized spacial score (nSPS) is 14.4. The molecule has 0 radical (unpaired) electrons. The van der Waals surface area contributed by atoms with E-state index in [2.05, 4.69) is 19.8 Å². The van der Waals surface area contributed by atoms with E-state index in [1.807, 2.05) is 50.2 Å². The molecule has 0 aliphatic carbocycles. The molecule has 2 heterocycles. The molecule has 0 unspecified atom stereocenters. The third-order valence-corrected chi connectivity index (χ3v) is 7.79. The van der Waals surface area contributed by atoms with Crippen LogP contribution in [0.5, 0.6) is 11.5 Å². The second kappa shape index (κ2) is 12.6. The predicted molar refractivity (Wildman–Crippen MR) is 164 cm³/mol. The Labute approximate surface area is 255 Å². The maximum Gasteiger partial charge on any atom is 0.573 e. The van der Waals surface area contributed by atoms with Crippen LogP contribution in [0.3, 0.4) is 0 Å². The fourth-order valence-electron chi connectivity index (χ4n) is 4.61. The molecular weight excluding hydrogens is 599 g/mol. The van der Waals surface area contributed by atoms with Crippen LogP contribution in [-0.4, -0.2) is 50.1 Å². The van der Waals surface area contributed by atoms with E-state index in [0.29, 0.717) is 40.3 Å². The number of aromatic nitrogens is 3. The van der Waals surface area contributed by atoms with Crippen molar-refractivity contribution in [2.75, 3.05) is 17.8 Å². The van der Waals surface area contributed by atoms with Crippen molar-refractivity contribution in [2.45, 2.75) is 33.1 Å². The lowest BCUT2D eigenvalue weighted by atomic mass is 10.1. The topological polar surface area (TPSA) is 81.8 Å². The van der Waals surface area contributed by atoms with Crippen LogP contribution in [0.25, 0.3) is 17.1 Å². The average molecular weight is 626 g/mol. The summed E-state index contributed by atoms with van der Waals surface area (Å²) < 4.78 is 47.9. The van der Waals surface area contributed by atoms with Crippen LogP contribution in [0, 0.1) is 13.8 Å². The van der Waals surface area contributed by atoms with E-state index >= 15 is 0 Å². The second-order valence-corrected chi connectivity index (χ2v) is 11.1. The number of aliphatic imine (C=N–C) groups is 1. The highest BCUT2D eigenvalue weighted by atomic mass is 32.2. The van der Waals surface area contributed by atoms with E-state index in [0.717, 1.165) is 33.7 Å². The number of amides is 1. The first-order valence-electron chi connectivity index (χ1n) is 13.1. The van der Waals surface area contributed by atoms with Crippen LogP contribution in [-0.2, 0) is 11.2 Å². The quantitative estimate of drug-likeness (QED) is 0.198. The molecule has 0 N–H and O–H groups in total. The minimum Gasteiger partial charge on any atom is -0.497 e. The Balaban J connectivity index is 1.22. The number of aryl methyl sites for hydroxylation is 3. The zero-order chi connectivity index (χ0) is 30.7. The molecule has 5 rings (SSSR count). The number of rotatable bonds is 8. The van der Waals surface area contributed by atoms with Crippen LogP contribution in [0.2, 0.25) is 0 Å². The summed E-state index contributed by atoms with van der Waals surface area (Å²) in [7, 11) is 1.61. The van der Waals surface area contributed by atoms with Crippen molar-refractivity contribution in [1.82, 2.24) is 14.8 Å². The van der Waals surface area contributed by atoms with Crippen LogP contribution >= 0.6 is 24.0 Å². The minimum atomic E-state index is -4.75. The molecule has 0 atom stereocenters. The van der Waals surface area contributed by atoms with Gasteiger partial charge < -0.3 is 9.47 Å². The fraction of sp³-hybridized carbons (Fsp3) is 0.233. The van der Waals surface area contributed by atoms with Crippen molar-refractivity contribution < 1.29 is 27.4 Å². The molecular formula is C30H26F3N5O3S2. The zero-order valence-corrected chi connectivity index (χ0v) is 25.0. The summed E-state index contributed by atoms with van der Waals surface area (Å²) in [5.74, 6) is 1.15. The Hall–Kier alpha value is -4.23. The van der Waals surface area contributed by atoms with Crippen LogP contribution in [0.15, 0.2) is 72.0 Å². The summed E-state index contributed by atoms with van der Waals surface area (Å²) in [6.07, 6.45) is -2.07. The van der Waals surface area contributed by atoms with Gasteiger partial charge in [-0.25, -0.2) is 14.7 Å². The number of alkyl halides is 3. The highest BCUT2D eigenvalue weighted by Gasteiger charge is 2.32. The molecule has 222 valence electrons. The lowest BCUT2D eigenvalue weighted by molar-refractivity contribution is -0.274. The molecule has 3 aromatic carbocycles. The average Bonchev–Trinajstić information content (AvgIpc) is 3.59. The summed E-state index contributed by atoms with van der Waals surface area (Å²) in [5.41, 5.74) is 5.00. The molecule has 0 saturated carbocycles. The number of thiocarbonyl (C=S) groups is 1. The third kappa shape index (κ3) is 7.23. The smallest absolute Gasteiger partial charge is 0.497 e. The molecule has 1 aromatic heterocycles. The van der Waals surface area contributed by atoms with Crippen molar-refractivity contribution >= 4 is 45.7 Å². The van der Waals surface area contributed by atoms with Crippen molar-refractivity contribution in [3.8, 4) is 28.6 Å². The van der Waals surface area contributed by atoms with Crippen LogP contribution < -0.4 is 14.4 Å². The van der Waals surface area contributed by atoms with Crippen LogP contribution in [0.4, 0.5) is 18.9 Å². The minimum absolute atomic E-state index is 0.0398. The zero-order valence-electron chi connectivity index (χ0n) is 23.4. The van der Waals surface area contributed by atoms with Gasteiger partial charge in [0.15, 0.2) is 11.0 Å². The summed E-state index contributed by atoms with van der Waals surface area (Å²) in [5, 5.41) is 5.01. The Kier molecular flexibility index (Phi) is 8.83. The first-order valence-corrected chi connectivity index (χ1v) is 14.5.